The summed E-state index contributed by atoms with van der Waals surface area (Å²) in [5.74, 6) is 0.546. The minimum atomic E-state index is -0.942. The first-order chi connectivity index (χ1) is 9.59. The van der Waals surface area contributed by atoms with Crippen molar-refractivity contribution in [3.8, 4) is 5.75 Å². The molecule has 1 aromatic carbocycles. The molecule has 20 heavy (non-hydrogen) atoms. The van der Waals surface area contributed by atoms with Crippen LogP contribution in [0.5, 0.6) is 5.75 Å². The molecule has 1 rings (SSSR count). The third-order valence-electron chi connectivity index (χ3n) is 3.29. The summed E-state index contributed by atoms with van der Waals surface area (Å²) in [5.41, 5.74) is -0.0886. The van der Waals surface area contributed by atoms with Crippen LogP contribution in [-0.4, -0.2) is 41.5 Å². The van der Waals surface area contributed by atoms with Crippen LogP contribution in [0.25, 0.3) is 0 Å². The van der Waals surface area contributed by atoms with E-state index in [-0.39, 0.29) is 25.5 Å². The number of hydrogen-bond acceptors (Lipinski definition) is 4. The second kappa shape index (κ2) is 7.87. The summed E-state index contributed by atoms with van der Waals surface area (Å²) in [6.07, 6.45) is 0.670. The van der Waals surface area contributed by atoms with Crippen molar-refractivity contribution in [2.45, 2.75) is 32.2 Å². The smallest absolute Gasteiger partial charge is 0.225 e. The highest BCUT2D eigenvalue weighted by atomic mass is 16.5. The molecule has 0 saturated heterocycles. The van der Waals surface area contributed by atoms with Crippen LogP contribution in [-0.2, 0) is 11.2 Å². The van der Waals surface area contributed by atoms with E-state index in [0.29, 0.717) is 13.0 Å². The second-order valence-electron chi connectivity index (χ2n) is 4.75. The van der Waals surface area contributed by atoms with E-state index >= 15 is 0 Å². The molecule has 1 amide bonds. The Balaban J connectivity index is 2.61. The van der Waals surface area contributed by atoms with E-state index in [4.69, 9.17) is 4.74 Å². The molecule has 0 fully saturated rings. The van der Waals surface area contributed by atoms with E-state index in [9.17, 15) is 15.0 Å². The molecule has 0 spiro atoms. The first-order valence-corrected chi connectivity index (χ1v) is 6.83. The highest BCUT2D eigenvalue weighted by Gasteiger charge is 2.28. The van der Waals surface area contributed by atoms with Crippen molar-refractivity contribution in [3.63, 3.8) is 0 Å². The SMILES string of the molecule is CCOc1ccc(CC(=O)NC(CC)(CO)CO)cc1. The van der Waals surface area contributed by atoms with Gasteiger partial charge >= 0.3 is 0 Å². The minimum Gasteiger partial charge on any atom is -0.494 e. The molecule has 0 atom stereocenters. The van der Waals surface area contributed by atoms with Gasteiger partial charge in [-0.1, -0.05) is 19.1 Å². The molecule has 0 saturated carbocycles. The van der Waals surface area contributed by atoms with Gasteiger partial charge in [-0.25, -0.2) is 0 Å². The van der Waals surface area contributed by atoms with Gasteiger partial charge < -0.3 is 20.3 Å². The van der Waals surface area contributed by atoms with Gasteiger partial charge in [0.05, 0.1) is 31.8 Å². The molecule has 0 aliphatic carbocycles. The second-order valence-corrected chi connectivity index (χ2v) is 4.75. The van der Waals surface area contributed by atoms with Crippen molar-refractivity contribution < 1.29 is 19.7 Å². The van der Waals surface area contributed by atoms with E-state index in [0.717, 1.165) is 11.3 Å². The lowest BCUT2D eigenvalue weighted by Gasteiger charge is -2.29. The summed E-state index contributed by atoms with van der Waals surface area (Å²) >= 11 is 0. The molecule has 5 heteroatoms. The fourth-order valence-electron chi connectivity index (χ4n) is 1.84. The zero-order valence-corrected chi connectivity index (χ0v) is 12.1. The summed E-state index contributed by atoms with van der Waals surface area (Å²) in [6, 6.07) is 7.29. The Morgan fingerprint density at radius 2 is 1.80 bits per heavy atom. The van der Waals surface area contributed by atoms with Crippen molar-refractivity contribution in [1.82, 2.24) is 5.32 Å². The lowest BCUT2D eigenvalue weighted by Crippen LogP contribution is -2.54. The van der Waals surface area contributed by atoms with Crippen LogP contribution in [0, 0.1) is 0 Å². The van der Waals surface area contributed by atoms with E-state index in [1.54, 1.807) is 0 Å². The third-order valence-corrected chi connectivity index (χ3v) is 3.29. The maximum atomic E-state index is 12.0. The molecule has 5 nitrogen and oxygen atoms in total. The Labute approximate surface area is 119 Å². The zero-order chi connectivity index (χ0) is 15.0. The van der Waals surface area contributed by atoms with Gasteiger partial charge in [0.25, 0.3) is 0 Å². The summed E-state index contributed by atoms with van der Waals surface area (Å²) in [6.45, 7) is 3.76. The zero-order valence-electron chi connectivity index (χ0n) is 12.1. The first-order valence-electron chi connectivity index (χ1n) is 6.83. The molecule has 0 heterocycles. The van der Waals surface area contributed by atoms with Crippen LogP contribution < -0.4 is 10.1 Å². The molecule has 0 bridgehead atoms. The van der Waals surface area contributed by atoms with E-state index < -0.39 is 5.54 Å². The standard InChI is InChI=1S/C15H23NO4/c1-3-15(10-17,11-18)16-14(19)9-12-5-7-13(8-6-12)20-4-2/h5-8,17-18H,3-4,9-11H2,1-2H3,(H,16,19). The third kappa shape index (κ3) is 4.51. The van der Waals surface area contributed by atoms with E-state index in [1.807, 2.05) is 38.1 Å². The molecule has 0 unspecified atom stereocenters. The Bertz CT molecular complexity index is 404. The maximum Gasteiger partial charge on any atom is 0.225 e. The van der Waals surface area contributed by atoms with E-state index in [2.05, 4.69) is 5.32 Å². The molecule has 0 radical (unpaired) electrons. The number of rotatable bonds is 8. The van der Waals surface area contributed by atoms with Gasteiger partial charge in [0.15, 0.2) is 0 Å². The lowest BCUT2D eigenvalue weighted by atomic mass is 9.98. The van der Waals surface area contributed by atoms with Crippen LogP contribution in [0.4, 0.5) is 0 Å². The Kier molecular flexibility index (Phi) is 6.48. The van der Waals surface area contributed by atoms with Crippen LogP contribution in [0.15, 0.2) is 24.3 Å². The average molecular weight is 281 g/mol. The fraction of sp³-hybridized carbons (Fsp3) is 0.533. The van der Waals surface area contributed by atoms with Gasteiger partial charge in [-0.2, -0.15) is 0 Å². The van der Waals surface area contributed by atoms with Crippen LogP contribution >= 0.6 is 0 Å². The lowest BCUT2D eigenvalue weighted by molar-refractivity contribution is -0.123. The van der Waals surface area contributed by atoms with Crippen molar-refractivity contribution >= 4 is 5.91 Å². The highest BCUT2D eigenvalue weighted by molar-refractivity contribution is 5.79. The number of carbonyl (C=O) groups excluding carboxylic acids is 1. The molecular formula is C15H23NO4. The molecule has 0 aliphatic rings. The topological polar surface area (TPSA) is 78.8 Å². The average Bonchev–Trinajstić information content (AvgIpc) is 2.47. The maximum absolute atomic E-state index is 12.0. The number of hydrogen-bond donors (Lipinski definition) is 3. The van der Waals surface area contributed by atoms with Gasteiger partial charge in [-0.3, -0.25) is 4.79 Å². The largest absolute Gasteiger partial charge is 0.494 e. The number of amides is 1. The number of nitrogens with one attached hydrogen (secondary N) is 1. The highest BCUT2D eigenvalue weighted by Crippen LogP contribution is 2.13. The van der Waals surface area contributed by atoms with Gasteiger partial charge in [0.1, 0.15) is 5.75 Å². The molecule has 0 aliphatic heterocycles. The molecule has 3 N–H and O–H groups in total. The first kappa shape index (κ1) is 16.5. The van der Waals surface area contributed by atoms with Crippen molar-refractivity contribution in [2.75, 3.05) is 19.8 Å². The predicted octanol–water partition coefficient (Wildman–Crippen LogP) is 0.877. The molecule has 1 aromatic rings. The van der Waals surface area contributed by atoms with Crippen LogP contribution in [0.1, 0.15) is 25.8 Å². The number of carbonyl (C=O) groups is 1. The molecular weight excluding hydrogens is 258 g/mol. The number of benzene rings is 1. The normalized spacial score (nSPS) is 11.2. The van der Waals surface area contributed by atoms with Crippen molar-refractivity contribution in [1.29, 1.82) is 0 Å². The Morgan fingerprint density at radius 1 is 1.20 bits per heavy atom. The molecule has 112 valence electrons. The minimum absolute atomic E-state index is 0.203. The predicted molar refractivity (Wildman–Crippen MR) is 76.7 cm³/mol. The van der Waals surface area contributed by atoms with E-state index in [1.165, 1.54) is 0 Å². The van der Waals surface area contributed by atoms with Crippen LogP contribution in [0.2, 0.25) is 0 Å². The van der Waals surface area contributed by atoms with Gasteiger partial charge in [-0.05, 0) is 31.0 Å². The van der Waals surface area contributed by atoms with Crippen molar-refractivity contribution in [2.24, 2.45) is 0 Å². The number of aliphatic hydroxyl groups excluding tert-OH is 2. The molecule has 0 aromatic heterocycles. The Hall–Kier alpha value is -1.59. The van der Waals surface area contributed by atoms with Gasteiger partial charge in [0.2, 0.25) is 5.91 Å². The fourth-order valence-corrected chi connectivity index (χ4v) is 1.84. The quantitative estimate of drug-likeness (QED) is 0.661. The van der Waals surface area contributed by atoms with Gasteiger partial charge in [0, 0.05) is 0 Å². The van der Waals surface area contributed by atoms with Gasteiger partial charge in [-0.15, -0.1) is 0 Å². The van der Waals surface area contributed by atoms with Crippen LogP contribution in [0.3, 0.4) is 0 Å². The number of aliphatic hydroxyl groups is 2. The summed E-state index contributed by atoms with van der Waals surface area (Å²) in [4.78, 5) is 12.0. The summed E-state index contributed by atoms with van der Waals surface area (Å²) in [5, 5.41) is 21.3. The number of ether oxygens (including phenoxy) is 1. The Morgan fingerprint density at radius 3 is 2.25 bits per heavy atom. The summed E-state index contributed by atoms with van der Waals surface area (Å²) < 4.78 is 5.33. The monoisotopic (exact) mass is 281 g/mol. The van der Waals surface area contributed by atoms with Crippen molar-refractivity contribution in [3.05, 3.63) is 29.8 Å². The summed E-state index contributed by atoms with van der Waals surface area (Å²) in [7, 11) is 0.